The predicted octanol–water partition coefficient (Wildman–Crippen LogP) is 3.25. The number of alkyl halides is 3. The Morgan fingerprint density at radius 1 is 1.56 bits per heavy atom. The molecule has 0 spiro atoms. The minimum Gasteiger partial charge on any atom is -0.502 e. The standard InChI is InChI=1S/C8H10F3NO3S/c1-5(16-8(9,10)11)3-4-7(13)6(2)12(14)15/h3-5,13H,1-2H3/b4-3-,7-6-. The summed E-state index contributed by atoms with van der Waals surface area (Å²) in [4.78, 5) is 9.36. The normalized spacial score (nSPS) is 16.1. The lowest BCUT2D eigenvalue weighted by Gasteiger charge is -2.08. The molecule has 0 aromatic rings. The van der Waals surface area contributed by atoms with Crippen LogP contribution >= 0.6 is 11.8 Å². The van der Waals surface area contributed by atoms with Gasteiger partial charge in [0.05, 0.1) is 4.92 Å². The Morgan fingerprint density at radius 2 is 2.06 bits per heavy atom. The highest BCUT2D eigenvalue weighted by Crippen LogP contribution is 2.34. The monoisotopic (exact) mass is 257 g/mol. The van der Waals surface area contributed by atoms with Crippen molar-refractivity contribution >= 4 is 11.8 Å². The van der Waals surface area contributed by atoms with Gasteiger partial charge < -0.3 is 5.11 Å². The molecule has 1 unspecified atom stereocenters. The van der Waals surface area contributed by atoms with E-state index in [2.05, 4.69) is 0 Å². The summed E-state index contributed by atoms with van der Waals surface area (Å²) in [6, 6.07) is 0. The van der Waals surface area contributed by atoms with Crippen LogP contribution in [-0.4, -0.2) is 20.8 Å². The van der Waals surface area contributed by atoms with E-state index in [1.807, 2.05) is 0 Å². The van der Waals surface area contributed by atoms with Gasteiger partial charge in [-0.05, 0) is 24.8 Å². The molecule has 0 bridgehead atoms. The van der Waals surface area contributed by atoms with Crippen LogP contribution in [0, 0.1) is 10.1 Å². The van der Waals surface area contributed by atoms with Crippen LogP contribution in [0.1, 0.15) is 13.8 Å². The number of nitrogens with zero attached hydrogens (tertiary/aromatic N) is 1. The molecule has 0 saturated heterocycles. The maximum absolute atomic E-state index is 11.9. The molecule has 0 saturated carbocycles. The van der Waals surface area contributed by atoms with Crippen LogP contribution in [0.15, 0.2) is 23.6 Å². The van der Waals surface area contributed by atoms with Crippen molar-refractivity contribution in [2.24, 2.45) is 0 Å². The highest BCUT2D eigenvalue weighted by Gasteiger charge is 2.30. The molecule has 0 aliphatic rings. The smallest absolute Gasteiger partial charge is 0.442 e. The number of halogens is 3. The van der Waals surface area contributed by atoms with E-state index in [1.54, 1.807) is 0 Å². The minimum atomic E-state index is -4.37. The highest BCUT2D eigenvalue weighted by molar-refractivity contribution is 8.00. The van der Waals surface area contributed by atoms with E-state index in [4.69, 9.17) is 5.11 Å². The van der Waals surface area contributed by atoms with Gasteiger partial charge in [-0.25, -0.2) is 0 Å². The number of aliphatic hydroxyl groups excluding tert-OH is 1. The van der Waals surface area contributed by atoms with Crippen molar-refractivity contribution in [3.05, 3.63) is 33.7 Å². The zero-order valence-corrected chi connectivity index (χ0v) is 9.30. The zero-order valence-electron chi connectivity index (χ0n) is 8.49. The lowest BCUT2D eigenvalue weighted by atomic mass is 10.3. The van der Waals surface area contributed by atoms with Crippen molar-refractivity contribution < 1.29 is 23.2 Å². The molecule has 0 heterocycles. The molecule has 0 radical (unpaired) electrons. The van der Waals surface area contributed by atoms with E-state index in [0.717, 1.165) is 19.1 Å². The fourth-order valence-corrected chi connectivity index (χ4v) is 1.27. The SMILES string of the molecule is C/C(=C(O)\C=C/C(C)SC(F)(F)F)[N+](=O)[O-]. The van der Waals surface area contributed by atoms with Gasteiger partial charge in [-0.2, -0.15) is 13.2 Å². The number of thioether (sulfide) groups is 1. The summed E-state index contributed by atoms with van der Waals surface area (Å²) in [5.74, 6) is -0.653. The van der Waals surface area contributed by atoms with E-state index in [-0.39, 0.29) is 11.8 Å². The Morgan fingerprint density at radius 3 is 2.44 bits per heavy atom. The van der Waals surface area contributed by atoms with Gasteiger partial charge in [-0.1, -0.05) is 6.08 Å². The zero-order chi connectivity index (χ0) is 12.9. The second kappa shape index (κ2) is 5.78. The van der Waals surface area contributed by atoms with Crippen molar-refractivity contribution in [2.75, 3.05) is 0 Å². The number of rotatable bonds is 4. The lowest BCUT2D eigenvalue weighted by Crippen LogP contribution is -2.06. The first-order chi connectivity index (χ1) is 7.13. The molecule has 1 atom stereocenters. The third-order valence-corrected chi connectivity index (χ3v) is 2.29. The molecule has 0 aromatic carbocycles. The maximum Gasteiger partial charge on any atom is 0.442 e. The van der Waals surface area contributed by atoms with E-state index in [1.165, 1.54) is 6.92 Å². The molecule has 1 N–H and O–H groups in total. The molecule has 16 heavy (non-hydrogen) atoms. The summed E-state index contributed by atoms with van der Waals surface area (Å²) >= 11 is -0.272. The number of hydrogen-bond donors (Lipinski definition) is 1. The van der Waals surface area contributed by atoms with Crippen LogP contribution in [0.5, 0.6) is 0 Å². The minimum absolute atomic E-state index is 0.272. The molecular weight excluding hydrogens is 247 g/mol. The van der Waals surface area contributed by atoms with Crippen molar-refractivity contribution in [2.45, 2.75) is 24.6 Å². The fourth-order valence-electron chi connectivity index (χ4n) is 0.691. The van der Waals surface area contributed by atoms with E-state index in [9.17, 15) is 23.3 Å². The van der Waals surface area contributed by atoms with Crippen LogP contribution in [0.2, 0.25) is 0 Å². The fraction of sp³-hybridized carbons (Fsp3) is 0.500. The van der Waals surface area contributed by atoms with E-state index in [0.29, 0.717) is 0 Å². The quantitative estimate of drug-likeness (QED) is 0.363. The third-order valence-electron chi connectivity index (χ3n) is 1.49. The Balaban J connectivity index is 4.51. The van der Waals surface area contributed by atoms with Gasteiger partial charge in [0.15, 0.2) is 5.76 Å². The molecule has 8 heteroatoms. The van der Waals surface area contributed by atoms with E-state index < -0.39 is 27.1 Å². The summed E-state index contributed by atoms with van der Waals surface area (Å²) in [5, 5.41) is 18.3. The van der Waals surface area contributed by atoms with Crippen molar-refractivity contribution in [1.82, 2.24) is 0 Å². The maximum atomic E-state index is 11.9. The van der Waals surface area contributed by atoms with Gasteiger partial charge in [0, 0.05) is 12.2 Å². The number of allylic oxidation sites excluding steroid dienone is 2. The summed E-state index contributed by atoms with van der Waals surface area (Å²) in [7, 11) is 0. The second-order valence-corrected chi connectivity index (χ2v) is 4.30. The van der Waals surface area contributed by atoms with E-state index >= 15 is 0 Å². The van der Waals surface area contributed by atoms with Crippen LogP contribution in [-0.2, 0) is 0 Å². The largest absolute Gasteiger partial charge is 0.502 e. The number of hydrogen-bond acceptors (Lipinski definition) is 4. The Hall–Kier alpha value is -1.18. The second-order valence-electron chi connectivity index (χ2n) is 2.86. The predicted molar refractivity (Wildman–Crippen MR) is 54.6 cm³/mol. The highest BCUT2D eigenvalue weighted by atomic mass is 32.2. The lowest BCUT2D eigenvalue weighted by molar-refractivity contribution is -0.427. The molecule has 0 amide bonds. The van der Waals surface area contributed by atoms with Crippen LogP contribution in [0.4, 0.5) is 13.2 Å². The Labute approximate surface area is 94.0 Å². The molecule has 0 aliphatic carbocycles. The Kier molecular flexibility index (Phi) is 5.36. The van der Waals surface area contributed by atoms with Gasteiger partial charge in [0.1, 0.15) is 0 Å². The Bertz CT molecular complexity index is 325. The summed E-state index contributed by atoms with van der Waals surface area (Å²) in [6.07, 6.45) is 1.93. The van der Waals surface area contributed by atoms with Crippen LogP contribution in [0.3, 0.4) is 0 Å². The first kappa shape index (κ1) is 14.8. The van der Waals surface area contributed by atoms with Crippen molar-refractivity contribution in [3.63, 3.8) is 0 Å². The number of nitro groups is 1. The summed E-state index contributed by atoms with van der Waals surface area (Å²) in [5.41, 5.74) is -4.89. The molecule has 4 nitrogen and oxygen atoms in total. The van der Waals surface area contributed by atoms with Gasteiger partial charge in [-0.3, -0.25) is 10.1 Å². The first-order valence-electron chi connectivity index (χ1n) is 4.10. The average Bonchev–Trinajstić information content (AvgIpc) is 2.09. The molecule has 92 valence electrons. The molecule has 0 aliphatic heterocycles. The molecular formula is C8H10F3NO3S. The number of aliphatic hydroxyl groups is 1. The summed E-state index contributed by atoms with van der Waals surface area (Å²) in [6.45, 7) is 2.32. The summed E-state index contributed by atoms with van der Waals surface area (Å²) < 4.78 is 35.6. The molecule has 0 aromatic heterocycles. The third kappa shape index (κ3) is 6.33. The van der Waals surface area contributed by atoms with Gasteiger partial charge >= 0.3 is 5.51 Å². The van der Waals surface area contributed by atoms with Gasteiger partial charge in [0.2, 0.25) is 0 Å². The van der Waals surface area contributed by atoms with Crippen LogP contribution < -0.4 is 0 Å². The molecule has 0 fully saturated rings. The van der Waals surface area contributed by atoms with Crippen molar-refractivity contribution in [3.8, 4) is 0 Å². The average molecular weight is 257 g/mol. The van der Waals surface area contributed by atoms with Gasteiger partial charge in [-0.15, -0.1) is 0 Å². The van der Waals surface area contributed by atoms with Crippen molar-refractivity contribution in [1.29, 1.82) is 0 Å². The van der Waals surface area contributed by atoms with Crippen LogP contribution in [0.25, 0.3) is 0 Å². The first-order valence-corrected chi connectivity index (χ1v) is 4.98. The topological polar surface area (TPSA) is 63.4 Å². The van der Waals surface area contributed by atoms with Gasteiger partial charge in [0.25, 0.3) is 5.70 Å². The molecule has 0 rings (SSSR count).